The molecule has 7 nitrogen and oxygen atoms in total. The van der Waals surface area contributed by atoms with E-state index < -0.39 is 11.8 Å². The van der Waals surface area contributed by atoms with E-state index in [1.165, 1.54) is 25.6 Å². The maximum absolute atomic E-state index is 13.0. The molecule has 0 aliphatic heterocycles. The zero-order valence-corrected chi connectivity index (χ0v) is 19.5. The van der Waals surface area contributed by atoms with Crippen LogP contribution in [0.15, 0.2) is 65.7 Å². The number of hydrogen-bond donors (Lipinski definition) is 2. The second-order valence-corrected chi connectivity index (χ2v) is 7.80. The van der Waals surface area contributed by atoms with E-state index in [0.29, 0.717) is 29.4 Å². The van der Waals surface area contributed by atoms with Crippen LogP contribution in [0.25, 0.3) is 6.08 Å². The molecule has 0 spiro atoms. The van der Waals surface area contributed by atoms with Crippen LogP contribution in [-0.4, -0.2) is 32.6 Å². The minimum atomic E-state index is -0.441. The first-order chi connectivity index (χ1) is 16.0. The molecule has 8 heteroatoms. The van der Waals surface area contributed by atoms with Gasteiger partial charge < -0.3 is 24.8 Å². The number of carbonyl (C=O) groups excluding carboxylic acids is 2. The van der Waals surface area contributed by atoms with E-state index in [4.69, 9.17) is 14.2 Å². The van der Waals surface area contributed by atoms with E-state index >= 15 is 0 Å². The van der Waals surface area contributed by atoms with Gasteiger partial charge in [-0.05, 0) is 48.7 Å². The average Bonchev–Trinajstić information content (AvgIpc) is 3.35. The van der Waals surface area contributed by atoms with Crippen molar-refractivity contribution in [1.82, 2.24) is 10.6 Å². The molecule has 0 atom stereocenters. The first kappa shape index (κ1) is 23.9. The van der Waals surface area contributed by atoms with Crippen LogP contribution in [0.3, 0.4) is 0 Å². The number of nitrogens with one attached hydrogen (secondary N) is 2. The molecule has 1 heterocycles. The lowest BCUT2D eigenvalue weighted by molar-refractivity contribution is -0.117. The molecule has 0 fully saturated rings. The van der Waals surface area contributed by atoms with Crippen molar-refractivity contribution in [3.8, 4) is 17.2 Å². The van der Waals surface area contributed by atoms with Crippen molar-refractivity contribution in [2.24, 2.45) is 0 Å². The summed E-state index contributed by atoms with van der Waals surface area (Å²) in [6.07, 6.45) is 1.65. The van der Waals surface area contributed by atoms with Crippen LogP contribution in [-0.2, 0) is 11.3 Å². The molecule has 0 unspecified atom stereocenters. The standard InChI is InChI=1S/C25H26N2O5S/c1-4-32-21-10-6-5-8-18(21)16-26-25(29)20(15-19-9-7-13-33-19)27-24(28)17-11-12-22(30-2)23(14-17)31-3/h5-15H,4,16H2,1-3H3,(H,26,29)(H,27,28)/b20-15-. The fraction of sp³-hybridized carbons (Fsp3) is 0.200. The Bertz CT molecular complexity index is 1130. The maximum Gasteiger partial charge on any atom is 0.268 e. The van der Waals surface area contributed by atoms with E-state index in [-0.39, 0.29) is 12.2 Å². The second-order valence-electron chi connectivity index (χ2n) is 6.82. The van der Waals surface area contributed by atoms with Gasteiger partial charge >= 0.3 is 0 Å². The number of methoxy groups -OCH3 is 2. The fourth-order valence-corrected chi connectivity index (χ4v) is 3.72. The average molecular weight is 467 g/mol. The van der Waals surface area contributed by atoms with E-state index in [9.17, 15) is 9.59 Å². The van der Waals surface area contributed by atoms with Crippen molar-refractivity contribution in [3.05, 3.63) is 81.7 Å². The van der Waals surface area contributed by atoms with E-state index in [2.05, 4.69) is 10.6 Å². The Morgan fingerprint density at radius 2 is 1.76 bits per heavy atom. The van der Waals surface area contributed by atoms with E-state index in [0.717, 1.165) is 10.4 Å². The molecular formula is C25H26N2O5S. The molecule has 0 saturated carbocycles. The minimum Gasteiger partial charge on any atom is -0.494 e. The topological polar surface area (TPSA) is 85.9 Å². The van der Waals surface area contributed by atoms with Crippen molar-refractivity contribution in [2.45, 2.75) is 13.5 Å². The molecule has 0 aliphatic rings. The van der Waals surface area contributed by atoms with Crippen LogP contribution in [0.5, 0.6) is 17.2 Å². The summed E-state index contributed by atoms with van der Waals surface area (Å²) in [7, 11) is 3.02. The van der Waals surface area contributed by atoms with Crippen molar-refractivity contribution in [3.63, 3.8) is 0 Å². The maximum atomic E-state index is 13.0. The lowest BCUT2D eigenvalue weighted by Crippen LogP contribution is -2.34. The van der Waals surface area contributed by atoms with E-state index in [1.807, 2.05) is 48.7 Å². The van der Waals surface area contributed by atoms with Crippen LogP contribution in [0.1, 0.15) is 27.7 Å². The van der Waals surface area contributed by atoms with Gasteiger partial charge in [0.15, 0.2) is 11.5 Å². The number of carbonyl (C=O) groups is 2. The normalized spacial score (nSPS) is 10.9. The summed E-state index contributed by atoms with van der Waals surface area (Å²) < 4.78 is 16.1. The lowest BCUT2D eigenvalue weighted by atomic mass is 10.1. The quantitative estimate of drug-likeness (QED) is 0.436. The third-order valence-electron chi connectivity index (χ3n) is 4.68. The number of benzene rings is 2. The van der Waals surface area contributed by atoms with Crippen LogP contribution in [0.2, 0.25) is 0 Å². The van der Waals surface area contributed by atoms with Crippen LogP contribution in [0.4, 0.5) is 0 Å². The highest BCUT2D eigenvalue weighted by molar-refractivity contribution is 7.10. The first-order valence-corrected chi connectivity index (χ1v) is 11.2. The number of para-hydroxylation sites is 1. The predicted octanol–water partition coefficient (Wildman–Crippen LogP) is 4.25. The fourth-order valence-electron chi connectivity index (χ4n) is 3.06. The zero-order valence-electron chi connectivity index (χ0n) is 18.7. The summed E-state index contributed by atoms with van der Waals surface area (Å²) in [6, 6.07) is 16.0. The molecule has 3 aromatic rings. The first-order valence-electron chi connectivity index (χ1n) is 10.3. The largest absolute Gasteiger partial charge is 0.494 e. The van der Waals surface area contributed by atoms with Gasteiger partial charge in [-0.15, -0.1) is 11.3 Å². The van der Waals surface area contributed by atoms with Crippen LogP contribution < -0.4 is 24.8 Å². The van der Waals surface area contributed by atoms with Crippen molar-refractivity contribution >= 4 is 29.2 Å². The van der Waals surface area contributed by atoms with Gasteiger partial charge in [0, 0.05) is 22.5 Å². The van der Waals surface area contributed by atoms with Gasteiger partial charge in [0.2, 0.25) is 0 Å². The van der Waals surface area contributed by atoms with Gasteiger partial charge in [-0.25, -0.2) is 0 Å². The third kappa shape index (κ3) is 6.36. The van der Waals surface area contributed by atoms with Gasteiger partial charge in [-0.1, -0.05) is 24.3 Å². The van der Waals surface area contributed by atoms with Gasteiger partial charge in [0.1, 0.15) is 11.4 Å². The summed E-state index contributed by atoms with van der Waals surface area (Å²) in [5, 5.41) is 7.49. The Balaban J connectivity index is 1.79. The molecular weight excluding hydrogens is 440 g/mol. The highest BCUT2D eigenvalue weighted by Gasteiger charge is 2.17. The SMILES string of the molecule is CCOc1ccccc1CNC(=O)/C(=C/c1cccs1)NC(=O)c1ccc(OC)c(OC)c1. The molecule has 0 aliphatic carbocycles. The summed E-state index contributed by atoms with van der Waals surface area (Å²) in [5.41, 5.74) is 1.31. The molecule has 2 N–H and O–H groups in total. The molecule has 2 amide bonds. The lowest BCUT2D eigenvalue weighted by Gasteiger charge is -2.14. The molecule has 172 valence electrons. The third-order valence-corrected chi connectivity index (χ3v) is 5.50. The van der Waals surface area contributed by atoms with Gasteiger partial charge in [0.05, 0.1) is 20.8 Å². The van der Waals surface area contributed by atoms with Crippen molar-refractivity contribution in [1.29, 1.82) is 0 Å². The number of thiophene rings is 1. The number of hydrogen-bond acceptors (Lipinski definition) is 6. The number of rotatable bonds is 10. The van der Waals surface area contributed by atoms with Gasteiger partial charge in [0.25, 0.3) is 11.8 Å². The minimum absolute atomic E-state index is 0.131. The highest BCUT2D eigenvalue weighted by Crippen LogP contribution is 2.27. The molecule has 1 aromatic heterocycles. The molecule has 0 radical (unpaired) electrons. The molecule has 0 bridgehead atoms. The molecule has 3 rings (SSSR count). The highest BCUT2D eigenvalue weighted by atomic mass is 32.1. The monoisotopic (exact) mass is 466 g/mol. The Morgan fingerprint density at radius 1 is 0.970 bits per heavy atom. The molecule has 2 aromatic carbocycles. The second kappa shape index (κ2) is 11.7. The zero-order chi connectivity index (χ0) is 23.6. The predicted molar refractivity (Wildman–Crippen MR) is 129 cm³/mol. The Kier molecular flexibility index (Phi) is 8.49. The Hall–Kier alpha value is -3.78. The molecule has 33 heavy (non-hydrogen) atoms. The van der Waals surface area contributed by atoms with E-state index in [1.54, 1.807) is 24.3 Å². The summed E-state index contributed by atoms with van der Waals surface area (Å²) in [6.45, 7) is 2.68. The van der Waals surface area contributed by atoms with Crippen molar-refractivity contribution < 1.29 is 23.8 Å². The number of ether oxygens (including phenoxy) is 3. The summed E-state index contributed by atoms with van der Waals surface area (Å²) >= 11 is 1.46. The summed E-state index contributed by atoms with van der Waals surface area (Å²) in [4.78, 5) is 26.8. The number of amides is 2. The smallest absolute Gasteiger partial charge is 0.268 e. The summed E-state index contributed by atoms with van der Waals surface area (Å²) in [5.74, 6) is 0.783. The van der Waals surface area contributed by atoms with Gasteiger partial charge in [-0.2, -0.15) is 0 Å². The molecule has 0 saturated heterocycles. The van der Waals surface area contributed by atoms with Crippen LogP contribution >= 0.6 is 11.3 Å². The Labute approximate surface area is 197 Å². The van der Waals surface area contributed by atoms with Crippen LogP contribution in [0, 0.1) is 0 Å². The Morgan fingerprint density at radius 3 is 2.45 bits per heavy atom. The van der Waals surface area contributed by atoms with Gasteiger partial charge in [-0.3, -0.25) is 9.59 Å². The van der Waals surface area contributed by atoms with Crippen molar-refractivity contribution in [2.75, 3.05) is 20.8 Å².